The summed E-state index contributed by atoms with van der Waals surface area (Å²) in [6.45, 7) is 2.95. The van der Waals surface area contributed by atoms with Gasteiger partial charge in [-0.1, -0.05) is 13.8 Å². The summed E-state index contributed by atoms with van der Waals surface area (Å²) in [6, 6.07) is 6.19. The Hall–Kier alpha value is -3.41. The number of alkyl halides is 3. The lowest BCUT2D eigenvalue weighted by molar-refractivity contribution is -0.137. The van der Waals surface area contributed by atoms with E-state index in [1.54, 1.807) is 29.2 Å². The number of likely N-dealkylation sites (N-methyl/N-ethyl adjacent to an activating group) is 1. The zero-order chi connectivity index (χ0) is 25.9. The molecule has 2 aliphatic rings. The number of aromatic nitrogens is 2. The number of carbonyl (C=O) groups excluding carboxylic acids is 2. The van der Waals surface area contributed by atoms with Crippen molar-refractivity contribution >= 4 is 29.3 Å². The number of nitrogens with one attached hydrogen (secondary N) is 3. The first-order chi connectivity index (χ1) is 17.2. The number of halogens is 3. The lowest BCUT2D eigenvalue weighted by Crippen LogP contribution is -2.47. The molecule has 1 saturated carbocycles. The number of nitrogens with zero attached hydrogens (tertiary/aromatic N) is 4. The van der Waals surface area contributed by atoms with Crippen molar-refractivity contribution in [2.24, 2.45) is 5.92 Å². The summed E-state index contributed by atoms with van der Waals surface area (Å²) in [5, 5.41) is 8.32. The van der Waals surface area contributed by atoms with E-state index in [0.29, 0.717) is 37.2 Å². The van der Waals surface area contributed by atoms with Gasteiger partial charge in [0.25, 0.3) is 5.91 Å². The first kappa shape index (κ1) is 28.2. The topological polar surface area (TPSA) is 102 Å². The van der Waals surface area contributed by atoms with Crippen LogP contribution in [0.25, 0.3) is 0 Å². The maximum Gasteiger partial charge on any atom is 0.421 e. The highest BCUT2D eigenvalue weighted by atomic mass is 19.4. The number of carbonyl (C=O) groups is 2. The van der Waals surface area contributed by atoms with E-state index < -0.39 is 23.7 Å². The average Bonchev–Trinajstić information content (AvgIpc) is 3.31. The van der Waals surface area contributed by atoms with Gasteiger partial charge >= 0.3 is 6.18 Å². The average molecular weight is 522 g/mol. The molecule has 1 aliphatic carbocycles. The fourth-order valence-corrected chi connectivity index (χ4v) is 4.58. The number of hydrogen-bond donors (Lipinski definition) is 3. The molecule has 12 heteroatoms. The molecular weight excluding hydrogens is 487 g/mol. The molecule has 0 unspecified atom stereocenters. The summed E-state index contributed by atoms with van der Waals surface area (Å²) in [6.07, 6.45) is -2.05. The fraction of sp³-hybridized carbons (Fsp3) is 0.520. The quantitative estimate of drug-likeness (QED) is 0.534. The van der Waals surface area contributed by atoms with Gasteiger partial charge in [-0.15, -0.1) is 0 Å². The molecule has 1 aromatic heterocycles. The number of amides is 2. The van der Waals surface area contributed by atoms with E-state index in [1.807, 2.05) is 7.05 Å². The molecule has 2 heterocycles. The van der Waals surface area contributed by atoms with Crippen LogP contribution in [0.1, 0.15) is 42.6 Å². The van der Waals surface area contributed by atoms with Gasteiger partial charge in [0.1, 0.15) is 11.4 Å². The summed E-state index contributed by atoms with van der Waals surface area (Å²) in [5.41, 5.74) is 0.0609. The number of piperazine rings is 1. The van der Waals surface area contributed by atoms with Crippen molar-refractivity contribution < 1.29 is 22.8 Å². The van der Waals surface area contributed by atoms with E-state index in [9.17, 15) is 22.8 Å². The monoisotopic (exact) mass is 521 g/mol. The second-order valence-corrected chi connectivity index (χ2v) is 9.15. The zero-order valence-electron chi connectivity index (χ0n) is 20.2. The first-order valence-corrected chi connectivity index (χ1v) is 11.9. The summed E-state index contributed by atoms with van der Waals surface area (Å²) < 4.78 is 40.9. The second-order valence-electron chi connectivity index (χ2n) is 9.15. The normalized spacial score (nSPS) is 20.2. The molecule has 2 atom stereocenters. The Bertz CT molecular complexity index is 1090. The molecule has 2 aromatic rings. The molecule has 37 heavy (non-hydrogen) atoms. The van der Waals surface area contributed by atoms with Crippen molar-refractivity contribution in [1.29, 1.82) is 0 Å². The highest BCUT2D eigenvalue weighted by Gasteiger charge is 2.38. The molecule has 2 fully saturated rings. The van der Waals surface area contributed by atoms with Gasteiger partial charge in [-0.2, -0.15) is 18.2 Å². The smallest absolute Gasteiger partial charge is 0.366 e. The van der Waals surface area contributed by atoms with Crippen molar-refractivity contribution in [2.45, 2.75) is 38.9 Å². The second kappa shape index (κ2) is 11.8. The number of hydrogen-bond acceptors (Lipinski definition) is 7. The van der Waals surface area contributed by atoms with Crippen molar-refractivity contribution in [3.05, 3.63) is 41.6 Å². The van der Waals surface area contributed by atoms with E-state index in [1.165, 1.54) is 7.05 Å². The van der Waals surface area contributed by atoms with Crippen LogP contribution in [-0.4, -0.2) is 77.9 Å². The van der Waals surface area contributed by atoms with Gasteiger partial charge in [0.2, 0.25) is 11.9 Å². The van der Waals surface area contributed by atoms with Gasteiger partial charge in [0.15, 0.2) is 0 Å². The molecule has 9 nitrogen and oxygen atoms in total. The van der Waals surface area contributed by atoms with Gasteiger partial charge in [-0.05, 0) is 44.2 Å². The first-order valence-electron chi connectivity index (χ1n) is 11.9. The molecule has 0 spiro atoms. The standard InChI is InChI=1S/C24H30F3N7O2.CH4/c1-28-21(35)17-4-3-5-19(17)31-20-18(24(25,26)27)14-29-23(32-20)30-16-8-6-15(7-9-16)22(36)34-12-10-33(2)11-13-34;/h6-9,14,17,19H,3-5,10-13H2,1-2H3,(H,28,35)(H2,29,30,31,32);1H4/t17-,19+;/m0./s1. The maximum absolute atomic E-state index is 13.6. The molecule has 0 bridgehead atoms. The minimum absolute atomic E-state index is 0. The summed E-state index contributed by atoms with van der Waals surface area (Å²) in [4.78, 5) is 36.8. The molecule has 1 aromatic carbocycles. The van der Waals surface area contributed by atoms with Crippen molar-refractivity contribution in [1.82, 2.24) is 25.1 Å². The van der Waals surface area contributed by atoms with Crippen LogP contribution >= 0.6 is 0 Å². The van der Waals surface area contributed by atoms with E-state index in [-0.39, 0.29) is 31.0 Å². The van der Waals surface area contributed by atoms with Crippen LogP contribution in [0.15, 0.2) is 30.5 Å². The minimum atomic E-state index is -4.66. The Labute approximate surface area is 214 Å². The highest BCUT2D eigenvalue weighted by molar-refractivity contribution is 5.94. The number of rotatable bonds is 6. The molecule has 202 valence electrons. The molecule has 1 saturated heterocycles. The van der Waals surface area contributed by atoms with Crippen LogP contribution in [-0.2, 0) is 11.0 Å². The van der Waals surface area contributed by atoms with Gasteiger partial charge < -0.3 is 25.8 Å². The number of benzene rings is 1. The fourth-order valence-electron chi connectivity index (χ4n) is 4.58. The summed E-state index contributed by atoms with van der Waals surface area (Å²) in [5.74, 6) is -1.11. The van der Waals surface area contributed by atoms with Crippen LogP contribution in [0.2, 0.25) is 0 Å². The van der Waals surface area contributed by atoms with E-state index in [4.69, 9.17) is 0 Å². The number of anilines is 3. The molecule has 0 radical (unpaired) electrons. The van der Waals surface area contributed by atoms with Crippen LogP contribution in [0.5, 0.6) is 0 Å². The summed E-state index contributed by atoms with van der Waals surface area (Å²) >= 11 is 0. The van der Waals surface area contributed by atoms with Crippen LogP contribution < -0.4 is 16.0 Å². The molecule has 4 rings (SSSR count). The third-order valence-electron chi connectivity index (χ3n) is 6.69. The Morgan fingerprint density at radius 1 is 1.05 bits per heavy atom. The lowest BCUT2D eigenvalue weighted by Gasteiger charge is -2.32. The predicted molar refractivity (Wildman–Crippen MR) is 136 cm³/mol. The van der Waals surface area contributed by atoms with Gasteiger partial charge in [0, 0.05) is 56.7 Å². The molecule has 3 N–H and O–H groups in total. The largest absolute Gasteiger partial charge is 0.421 e. The van der Waals surface area contributed by atoms with Crippen molar-refractivity contribution in [3.8, 4) is 0 Å². The van der Waals surface area contributed by atoms with Crippen molar-refractivity contribution in [3.63, 3.8) is 0 Å². The predicted octanol–water partition coefficient (Wildman–Crippen LogP) is 3.59. The maximum atomic E-state index is 13.6. The lowest BCUT2D eigenvalue weighted by atomic mass is 10.0. The Balaban J connectivity index is 0.00000380. The van der Waals surface area contributed by atoms with Crippen LogP contribution in [0, 0.1) is 5.92 Å². The van der Waals surface area contributed by atoms with Crippen LogP contribution in [0.3, 0.4) is 0 Å². The Morgan fingerprint density at radius 2 is 1.73 bits per heavy atom. The van der Waals surface area contributed by atoms with Crippen molar-refractivity contribution in [2.75, 3.05) is 50.9 Å². The highest BCUT2D eigenvalue weighted by Crippen LogP contribution is 2.36. The van der Waals surface area contributed by atoms with Gasteiger partial charge in [-0.3, -0.25) is 9.59 Å². The third kappa shape index (κ3) is 6.68. The van der Waals surface area contributed by atoms with Gasteiger partial charge in [0.05, 0.1) is 5.92 Å². The third-order valence-corrected chi connectivity index (χ3v) is 6.69. The molecule has 1 aliphatic heterocycles. The summed E-state index contributed by atoms with van der Waals surface area (Å²) in [7, 11) is 3.52. The molecular formula is C25H34F3N7O2. The SMILES string of the molecule is C.CNC(=O)[C@H]1CCC[C@H]1Nc1nc(Nc2ccc(C(=O)N3CCN(C)CC3)cc2)ncc1C(F)(F)F. The van der Waals surface area contributed by atoms with E-state index >= 15 is 0 Å². The van der Waals surface area contributed by atoms with Crippen LogP contribution in [0.4, 0.5) is 30.6 Å². The molecule has 2 amide bonds. The minimum Gasteiger partial charge on any atom is -0.366 e. The van der Waals surface area contributed by atoms with E-state index in [0.717, 1.165) is 25.7 Å². The van der Waals surface area contributed by atoms with Gasteiger partial charge in [-0.25, -0.2) is 4.98 Å². The van der Waals surface area contributed by atoms with E-state index in [2.05, 4.69) is 30.8 Å². The Kier molecular flexibility index (Phi) is 8.95. The zero-order valence-corrected chi connectivity index (χ0v) is 20.2. The Morgan fingerprint density at radius 3 is 2.35 bits per heavy atom.